The van der Waals surface area contributed by atoms with Crippen LogP contribution in [0.5, 0.6) is 0 Å². The second-order valence-corrected chi connectivity index (χ2v) is 5.81. The van der Waals surface area contributed by atoms with E-state index in [0.29, 0.717) is 11.1 Å². The van der Waals surface area contributed by atoms with Gasteiger partial charge in [0.25, 0.3) is 0 Å². The van der Waals surface area contributed by atoms with E-state index in [1.807, 2.05) is 12.1 Å². The maximum Gasteiger partial charge on any atom is 0.0485 e. The fraction of sp³-hybridized carbons (Fsp3) is 0.333. The molecule has 4 heteroatoms. The molecular formula is C15H18Cl2N2. The van der Waals surface area contributed by atoms with Crippen LogP contribution >= 0.6 is 23.2 Å². The van der Waals surface area contributed by atoms with Crippen molar-refractivity contribution in [3.8, 4) is 0 Å². The number of rotatable bonds is 5. The minimum absolute atomic E-state index is 0.491. The topological polar surface area (TPSA) is 17.0 Å². The van der Waals surface area contributed by atoms with Crippen molar-refractivity contribution in [3.05, 3.63) is 57.8 Å². The summed E-state index contributed by atoms with van der Waals surface area (Å²) in [5, 5.41) is 4.86. The summed E-state index contributed by atoms with van der Waals surface area (Å²) < 4.78 is 2.12. The molecule has 2 aromatic rings. The van der Waals surface area contributed by atoms with Gasteiger partial charge in [0.15, 0.2) is 0 Å². The number of nitrogens with one attached hydrogen (secondary N) is 1. The monoisotopic (exact) mass is 296 g/mol. The van der Waals surface area contributed by atoms with Gasteiger partial charge in [-0.1, -0.05) is 37.0 Å². The van der Waals surface area contributed by atoms with Gasteiger partial charge in [-0.3, -0.25) is 0 Å². The van der Waals surface area contributed by atoms with Crippen LogP contribution in [0.15, 0.2) is 36.7 Å². The third-order valence-electron chi connectivity index (χ3n) is 2.89. The molecule has 1 N–H and O–H groups in total. The van der Waals surface area contributed by atoms with E-state index >= 15 is 0 Å². The second kappa shape index (κ2) is 6.47. The summed E-state index contributed by atoms with van der Waals surface area (Å²) >= 11 is 12.2. The second-order valence-electron chi connectivity index (χ2n) is 4.96. The van der Waals surface area contributed by atoms with Crippen molar-refractivity contribution in [2.24, 2.45) is 0 Å². The van der Waals surface area contributed by atoms with Gasteiger partial charge in [-0.15, -0.1) is 0 Å². The van der Waals surface area contributed by atoms with Gasteiger partial charge in [-0.05, 0) is 35.4 Å². The maximum atomic E-state index is 6.17. The van der Waals surface area contributed by atoms with E-state index < -0.39 is 0 Å². The van der Waals surface area contributed by atoms with Gasteiger partial charge < -0.3 is 9.88 Å². The Kier molecular flexibility index (Phi) is 4.92. The van der Waals surface area contributed by atoms with E-state index in [1.165, 1.54) is 5.56 Å². The molecule has 2 rings (SSSR count). The molecule has 19 heavy (non-hydrogen) atoms. The Bertz CT molecular complexity index is 547. The summed E-state index contributed by atoms with van der Waals surface area (Å²) in [5.74, 6) is 0. The van der Waals surface area contributed by atoms with Crippen molar-refractivity contribution >= 4 is 23.2 Å². The number of aromatic nitrogens is 1. The number of halogens is 2. The quantitative estimate of drug-likeness (QED) is 0.868. The van der Waals surface area contributed by atoms with Crippen LogP contribution in [0.4, 0.5) is 0 Å². The van der Waals surface area contributed by atoms with Crippen molar-refractivity contribution < 1.29 is 0 Å². The zero-order valence-corrected chi connectivity index (χ0v) is 12.7. The Morgan fingerprint density at radius 2 is 2.00 bits per heavy atom. The highest BCUT2D eigenvalue weighted by Gasteiger charge is 2.04. The number of hydrogen-bond acceptors (Lipinski definition) is 1. The highest BCUT2D eigenvalue weighted by molar-refractivity contribution is 6.33. The van der Waals surface area contributed by atoms with Crippen LogP contribution in [0.25, 0.3) is 0 Å². The molecule has 0 saturated heterocycles. The predicted molar refractivity (Wildman–Crippen MR) is 82.0 cm³/mol. The van der Waals surface area contributed by atoms with Crippen molar-refractivity contribution in [2.45, 2.75) is 33.0 Å². The van der Waals surface area contributed by atoms with E-state index in [0.717, 1.165) is 23.7 Å². The molecule has 0 radical (unpaired) electrons. The fourth-order valence-corrected chi connectivity index (χ4v) is 2.25. The Morgan fingerprint density at radius 1 is 1.21 bits per heavy atom. The Hall–Kier alpha value is -0.960. The number of hydrogen-bond donors (Lipinski definition) is 1. The molecule has 0 bridgehead atoms. The molecule has 1 aromatic carbocycles. The Morgan fingerprint density at radius 3 is 2.74 bits per heavy atom. The average molecular weight is 297 g/mol. The lowest BCUT2D eigenvalue weighted by Gasteiger charge is -2.07. The summed E-state index contributed by atoms with van der Waals surface area (Å²) in [6.45, 7) is 5.90. The molecule has 0 fully saturated rings. The molecule has 0 aliphatic carbocycles. The van der Waals surface area contributed by atoms with Gasteiger partial charge >= 0.3 is 0 Å². The molecule has 0 unspecified atom stereocenters. The molecule has 0 saturated carbocycles. The molecule has 0 aliphatic heterocycles. The Balaban J connectivity index is 2.05. The van der Waals surface area contributed by atoms with Crippen molar-refractivity contribution in [2.75, 3.05) is 0 Å². The van der Waals surface area contributed by atoms with Crippen molar-refractivity contribution in [3.63, 3.8) is 0 Å². The van der Waals surface area contributed by atoms with Crippen molar-refractivity contribution in [1.29, 1.82) is 0 Å². The van der Waals surface area contributed by atoms with Crippen LogP contribution in [0.3, 0.4) is 0 Å². The normalized spacial score (nSPS) is 11.2. The number of nitrogens with zero attached hydrogens (tertiary/aromatic N) is 1. The highest BCUT2D eigenvalue weighted by atomic mass is 35.5. The predicted octanol–water partition coefficient (Wildman–Crippen LogP) is 4.34. The maximum absolute atomic E-state index is 6.17. The van der Waals surface area contributed by atoms with Gasteiger partial charge in [-0.2, -0.15) is 0 Å². The van der Waals surface area contributed by atoms with E-state index in [1.54, 1.807) is 6.07 Å². The lowest BCUT2D eigenvalue weighted by molar-refractivity contribution is 0.588. The SMILES string of the molecule is CC(C)NCc1ccn(Cc2cc(Cl)ccc2Cl)c1. The van der Waals surface area contributed by atoms with Gasteiger partial charge in [0.2, 0.25) is 0 Å². The summed E-state index contributed by atoms with van der Waals surface area (Å²) in [4.78, 5) is 0. The summed E-state index contributed by atoms with van der Waals surface area (Å²) in [6.07, 6.45) is 4.20. The molecule has 2 nitrogen and oxygen atoms in total. The first-order valence-corrected chi connectivity index (χ1v) is 7.12. The zero-order chi connectivity index (χ0) is 13.8. The minimum Gasteiger partial charge on any atom is -0.350 e. The van der Waals surface area contributed by atoms with E-state index in [2.05, 4.69) is 42.2 Å². The molecule has 0 spiro atoms. The summed E-state index contributed by atoms with van der Waals surface area (Å²) in [6, 6.07) is 8.17. The molecule has 0 amide bonds. The summed E-state index contributed by atoms with van der Waals surface area (Å²) in [5.41, 5.74) is 2.31. The highest BCUT2D eigenvalue weighted by Crippen LogP contribution is 2.21. The smallest absolute Gasteiger partial charge is 0.0485 e. The molecular weight excluding hydrogens is 279 g/mol. The fourth-order valence-electron chi connectivity index (χ4n) is 1.88. The lowest BCUT2D eigenvalue weighted by atomic mass is 10.2. The van der Waals surface area contributed by atoms with Gasteiger partial charge in [0.05, 0.1) is 0 Å². The standard InChI is InChI=1S/C15H18Cl2N2/c1-11(2)18-8-12-5-6-19(9-12)10-13-7-14(16)3-4-15(13)17/h3-7,9,11,18H,8,10H2,1-2H3. The van der Waals surface area contributed by atoms with Crippen LogP contribution in [-0.2, 0) is 13.1 Å². The van der Waals surface area contributed by atoms with Crippen LogP contribution in [0, 0.1) is 0 Å². The minimum atomic E-state index is 0.491. The molecule has 102 valence electrons. The lowest BCUT2D eigenvalue weighted by Crippen LogP contribution is -2.21. The van der Waals surface area contributed by atoms with Gasteiger partial charge in [0.1, 0.15) is 0 Å². The van der Waals surface area contributed by atoms with Gasteiger partial charge in [0, 0.05) is 41.6 Å². The first-order valence-electron chi connectivity index (χ1n) is 6.36. The third-order valence-corrected chi connectivity index (χ3v) is 3.49. The first kappa shape index (κ1) is 14.4. The molecule has 0 atom stereocenters. The molecule has 1 heterocycles. The Labute approximate surface area is 124 Å². The van der Waals surface area contributed by atoms with E-state index in [-0.39, 0.29) is 0 Å². The third kappa shape index (κ3) is 4.27. The molecule has 1 aromatic heterocycles. The first-order chi connectivity index (χ1) is 9.04. The van der Waals surface area contributed by atoms with E-state index in [9.17, 15) is 0 Å². The van der Waals surface area contributed by atoms with Gasteiger partial charge in [-0.25, -0.2) is 0 Å². The van der Waals surface area contributed by atoms with Crippen molar-refractivity contribution in [1.82, 2.24) is 9.88 Å². The van der Waals surface area contributed by atoms with Crippen LogP contribution in [0.1, 0.15) is 25.0 Å². The largest absolute Gasteiger partial charge is 0.350 e. The summed E-state index contributed by atoms with van der Waals surface area (Å²) in [7, 11) is 0. The van der Waals surface area contributed by atoms with Crippen LogP contribution < -0.4 is 5.32 Å². The van der Waals surface area contributed by atoms with Crippen LogP contribution in [0.2, 0.25) is 10.0 Å². The molecule has 0 aliphatic rings. The number of benzene rings is 1. The van der Waals surface area contributed by atoms with E-state index in [4.69, 9.17) is 23.2 Å². The van der Waals surface area contributed by atoms with Crippen LogP contribution in [-0.4, -0.2) is 10.6 Å². The average Bonchev–Trinajstić information content (AvgIpc) is 2.79. The zero-order valence-electron chi connectivity index (χ0n) is 11.2.